The lowest BCUT2D eigenvalue weighted by Gasteiger charge is -2.31. The zero-order valence-electron chi connectivity index (χ0n) is 7.93. The standard InChI is InChI=1S/C9H14N2O2S/c12-6-8-4-11(1-2-13-8)5-9-3-10-7-14-9/h3,7-8,12H,1-2,4-6H2. The molecule has 0 spiro atoms. The van der Waals surface area contributed by atoms with Crippen molar-refractivity contribution in [3.05, 3.63) is 16.6 Å². The van der Waals surface area contributed by atoms with Gasteiger partial charge in [-0.25, -0.2) is 0 Å². The first-order valence-corrected chi connectivity index (χ1v) is 5.58. The first-order chi connectivity index (χ1) is 6.88. The topological polar surface area (TPSA) is 45.6 Å². The molecule has 1 aromatic heterocycles. The van der Waals surface area contributed by atoms with E-state index in [1.807, 2.05) is 11.7 Å². The minimum absolute atomic E-state index is 0.0170. The van der Waals surface area contributed by atoms with Crippen LogP contribution in [0.25, 0.3) is 0 Å². The van der Waals surface area contributed by atoms with Gasteiger partial charge in [0.15, 0.2) is 0 Å². The van der Waals surface area contributed by atoms with Crippen molar-refractivity contribution < 1.29 is 9.84 Å². The van der Waals surface area contributed by atoms with Crippen molar-refractivity contribution in [1.82, 2.24) is 9.88 Å². The zero-order valence-corrected chi connectivity index (χ0v) is 8.74. The van der Waals surface area contributed by atoms with E-state index in [4.69, 9.17) is 9.84 Å². The molecule has 1 aromatic rings. The maximum atomic E-state index is 8.97. The monoisotopic (exact) mass is 214 g/mol. The van der Waals surface area contributed by atoms with E-state index in [1.165, 1.54) is 4.88 Å². The molecule has 1 atom stereocenters. The number of rotatable bonds is 3. The molecule has 2 rings (SSSR count). The van der Waals surface area contributed by atoms with E-state index in [2.05, 4.69) is 9.88 Å². The summed E-state index contributed by atoms with van der Waals surface area (Å²) in [5.41, 5.74) is 1.85. The summed E-state index contributed by atoms with van der Waals surface area (Å²) in [5, 5.41) is 8.97. The van der Waals surface area contributed by atoms with Crippen LogP contribution < -0.4 is 0 Å². The molecule has 4 nitrogen and oxygen atoms in total. The Morgan fingerprint density at radius 1 is 1.71 bits per heavy atom. The lowest BCUT2D eigenvalue weighted by Crippen LogP contribution is -2.43. The number of aliphatic hydroxyl groups excluding tert-OH is 1. The highest BCUT2D eigenvalue weighted by Crippen LogP contribution is 2.12. The van der Waals surface area contributed by atoms with Gasteiger partial charge in [-0.2, -0.15) is 0 Å². The normalized spacial score (nSPS) is 23.9. The first kappa shape index (κ1) is 10.0. The molecule has 0 aromatic carbocycles. The van der Waals surface area contributed by atoms with Gasteiger partial charge in [-0.05, 0) is 0 Å². The predicted molar refractivity (Wildman–Crippen MR) is 54.2 cm³/mol. The van der Waals surface area contributed by atoms with Gasteiger partial charge in [-0.15, -0.1) is 11.3 Å². The summed E-state index contributed by atoms with van der Waals surface area (Å²) in [6.45, 7) is 3.50. The molecule has 1 aliphatic rings. The Labute approximate surface area is 87.1 Å². The van der Waals surface area contributed by atoms with Crippen LogP contribution >= 0.6 is 11.3 Å². The summed E-state index contributed by atoms with van der Waals surface area (Å²) in [7, 11) is 0. The fourth-order valence-electron chi connectivity index (χ4n) is 1.58. The third-order valence-corrected chi connectivity index (χ3v) is 3.05. The molecule has 0 bridgehead atoms. The van der Waals surface area contributed by atoms with Gasteiger partial charge < -0.3 is 9.84 Å². The molecule has 0 saturated carbocycles. The molecule has 78 valence electrons. The van der Waals surface area contributed by atoms with Crippen molar-refractivity contribution in [1.29, 1.82) is 0 Å². The number of thiazole rings is 1. The van der Waals surface area contributed by atoms with E-state index in [9.17, 15) is 0 Å². The minimum atomic E-state index is -0.0170. The highest BCUT2D eigenvalue weighted by atomic mass is 32.1. The molecule has 2 heterocycles. The van der Waals surface area contributed by atoms with Crippen LogP contribution in [-0.4, -0.2) is 47.4 Å². The van der Waals surface area contributed by atoms with Crippen LogP contribution in [0.1, 0.15) is 4.88 Å². The van der Waals surface area contributed by atoms with Crippen LogP contribution in [-0.2, 0) is 11.3 Å². The number of hydrogen-bond donors (Lipinski definition) is 1. The van der Waals surface area contributed by atoms with Crippen LogP contribution in [0, 0.1) is 0 Å². The van der Waals surface area contributed by atoms with Gasteiger partial charge in [0.1, 0.15) is 0 Å². The van der Waals surface area contributed by atoms with E-state index < -0.39 is 0 Å². The third kappa shape index (κ3) is 2.51. The lowest BCUT2D eigenvalue weighted by atomic mass is 10.3. The zero-order chi connectivity index (χ0) is 9.80. The van der Waals surface area contributed by atoms with Crippen LogP contribution in [0.3, 0.4) is 0 Å². The lowest BCUT2D eigenvalue weighted by molar-refractivity contribution is -0.0548. The smallest absolute Gasteiger partial charge is 0.0933 e. The van der Waals surface area contributed by atoms with Crippen molar-refractivity contribution in [2.75, 3.05) is 26.3 Å². The Morgan fingerprint density at radius 2 is 2.64 bits per heavy atom. The highest BCUT2D eigenvalue weighted by Gasteiger charge is 2.19. The van der Waals surface area contributed by atoms with Gasteiger partial charge >= 0.3 is 0 Å². The second-order valence-corrected chi connectivity index (χ2v) is 4.35. The Balaban J connectivity index is 1.86. The molecule has 5 heteroatoms. The molecule has 1 fully saturated rings. The molecule has 1 aliphatic heterocycles. The summed E-state index contributed by atoms with van der Waals surface area (Å²) in [6.07, 6.45) is 1.88. The molecule has 14 heavy (non-hydrogen) atoms. The Morgan fingerprint density at radius 3 is 3.36 bits per heavy atom. The van der Waals surface area contributed by atoms with Crippen molar-refractivity contribution in [3.63, 3.8) is 0 Å². The van der Waals surface area contributed by atoms with Gasteiger partial charge in [0.05, 0.1) is 24.8 Å². The van der Waals surface area contributed by atoms with E-state index in [0.717, 1.165) is 19.6 Å². The van der Waals surface area contributed by atoms with E-state index in [0.29, 0.717) is 6.61 Å². The number of hydrogen-bond acceptors (Lipinski definition) is 5. The summed E-state index contributed by atoms with van der Waals surface area (Å²) < 4.78 is 5.37. The number of ether oxygens (including phenoxy) is 1. The molecule has 0 aliphatic carbocycles. The highest BCUT2D eigenvalue weighted by molar-refractivity contribution is 7.09. The number of aliphatic hydroxyl groups is 1. The van der Waals surface area contributed by atoms with E-state index in [1.54, 1.807) is 11.3 Å². The van der Waals surface area contributed by atoms with Crippen molar-refractivity contribution in [3.8, 4) is 0 Å². The first-order valence-electron chi connectivity index (χ1n) is 4.70. The Kier molecular flexibility index (Phi) is 3.47. The van der Waals surface area contributed by atoms with Crippen LogP contribution in [0.15, 0.2) is 11.7 Å². The number of morpholine rings is 1. The van der Waals surface area contributed by atoms with Gasteiger partial charge in [-0.1, -0.05) is 0 Å². The van der Waals surface area contributed by atoms with Gasteiger partial charge in [0, 0.05) is 30.7 Å². The second kappa shape index (κ2) is 4.84. The van der Waals surface area contributed by atoms with Crippen LogP contribution in [0.2, 0.25) is 0 Å². The number of nitrogens with zero attached hydrogens (tertiary/aromatic N) is 2. The van der Waals surface area contributed by atoms with Crippen LogP contribution in [0.4, 0.5) is 0 Å². The quantitative estimate of drug-likeness (QED) is 0.788. The average molecular weight is 214 g/mol. The van der Waals surface area contributed by atoms with Crippen molar-refractivity contribution >= 4 is 11.3 Å². The molecular weight excluding hydrogens is 200 g/mol. The average Bonchev–Trinajstić information content (AvgIpc) is 2.71. The van der Waals surface area contributed by atoms with Gasteiger partial charge in [0.2, 0.25) is 0 Å². The third-order valence-electron chi connectivity index (χ3n) is 2.29. The maximum Gasteiger partial charge on any atom is 0.0933 e. The second-order valence-electron chi connectivity index (χ2n) is 3.38. The molecule has 1 unspecified atom stereocenters. The molecule has 0 radical (unpaired) electrons. The summed E-state index contributed by atoms with van der Waals surface area (Å²) in [4.78, 5) is 7.59. The maximum absolute atomic E-state index is 8.97. The molecular formula is C9H14N2O2S. The molecule has 1 N–H and O–H groups in total. The Bertz CT molecular complexity index is 266. The molecule has 0 amide bonds. The fourth-order valence-corrected chi connectivity index (χ4v) is 2.21. The Hall–Kier alpha value is -0.490. The van der Waals surface area contributed by atoms with Crippen molar-refractivity contribution in [2.45, 2.75) is 12.6 Å². The summed E-state index contributed by atoms with van der Waals surface area (Å²) in [5.74, 6) is 0. The summed E-state index contributed by atoms with van der Waals surface area (Å²) in [6, 6.07) is 0. The molecule has 1 saturated heterocycles. The fraction of sp³-hybridized carbons (Fsp3) is 0.667. The summed E-state index contributed by atoms with van der Waals surface area (Å²) >= 11 is 1.67. The minimum Gasteiger partial charge on any atom is -0.394 e. The SMILES string of the molecule is OCC1CN(Cc2cncs2)CCO1. The van der Waals surface area contributed by atoms with E-state index >= 15 is 0 Å². The van der Waals surface area contributed by atoms with Gasteiger partial charge in [-0.3, -0.25) is 9.88 Å². The van der Waals surface area contributed by atoms with Crippen molar-refractivity contribution in [2.24, 2.45) is 0 Å². The largest absolute Gasteiger partial charge is 0.394 e. The van der Waals surface area contributed by atoms with Gasteiger partial charge in [0.25, 0.3) is 0 Å². The number of aromatic nitrogens is 1. The predicted octanol–water partition coefficient (Wildman–Crippen LogP) is 0.336. The van der Waals surface area contributed by atoms with Crippen LogP contribution in [0.5, 0.6) is 0 Å². The van der Waals surface area contributed by atoms with E-state index in [-0.39, 0.29) is 12.7 Å².